The Morgan fingerprint density at radius 3 is 2.48 bits per heavy atom. The van der Waals surface area contributed by atoms with Gasteiger partial charge in [-0.15, -0.1) is 0 Å². The molecule has 1 amide bonds. The van der Waals surface area contributed by atoms with Crippen LogP contribution in [0.5, 0.6) is 11.5 Å². The van der Waals surface area contributed by atoms with E-state index in [9.17, 15) is 19.8 Å². The lowest BCUT2D eigenvalue weighted by Crippen LogP contribution is -2.43. The van der Waals surface area contributed by atoms with E-state index >= 15 is 0 Å². The zero-order valence-electron chi connectivity index (χ0n) is 18.1. The lowest BCUT2D eigenvalue weighted by Gasteiger charge is -2.34. The Morgan fingerprint density at radius 1 is 1.10 bits per heavy atom. The standard InChI is InChI=1S/C25H32N2O4/c1-2-3-7-21(24(30)20-8-9-22(28)23(29)15-20)25(31)27-12-10-18(11-13-27)19-6-4-5-17(14-19)16-26/h4-6,8-9,14-15,18,21,28-29H,2-3,7,10-13,16,26H2,1H3. The maximum absolute atomic E-state index is 13.3. The van der Waals surface area contributed by atoms with Gasteiger partial charge in [-0.3, -0.25) is 9.59 Å². The molecule has 1 unspecified atom stereocenters. The van der Waals surface area contributed by atoms with E-state index in [1.165, 1.54) is 23.8 Å². The van der Waals surface area contributed by atoms with E-state index in [4.69, 9.17) is 5.73 Å². The van der Waals surface area contributed by atoms with Crippen molar-refractivity contribution in [3.63, 3.8) is 0 Å². The van der Waals surface area contributed by atoms with Gasteiger partial charge in [-0.2, -0.15) is 0 Å². The van der Waals surface area contributed by atoms with Gasteiger partial charge in [-0.1, -0.05) is 44.0 Å². The Kier molecular flexibility index (Phi) is 7.69. The molecule has 0 radical (unpaired) electrons. The van der Waals surface area contributed by atoms with Crippen molar-refractivity contribution < 1.29 is 19.8 Å². The third-order valence-corrected chi connectivity index (χ3v) is 6.19. The highest BCUT2D eigenvalue weighted by Crippen LogP contribution is 2.31. The van der Waals surface area contributed by atoms with E-state index in [-0.39, 0.29) is 28.8 Å². The molecule has 4 N–H and O–H groups in total. The first-order chi connectivity index (χ1) is 14.9. The number of benzene rings is 2. The molecule has 31 heavy (non-hydrogen) atoms. The van der Waals surface area contributed by atoms with Gasteiger partial charge >= 0.3 is 0 Å². The van der Waals surface area contributed by atoms with Crippen LogP contribution >= 0.6 is 0 Å². The molecule has 3 rings (SSSR count). The Morgan fingerprint density at radius 2 is 1.84 bits per heavy atom. The van der Waals surface area contributed by atoms with Crippen LogP contribution in [-0.4, -0.2) is 39.9 Å². The molecule has 6 heteroatoms. The zero-order chi connectivity index (χ0) is 22.4. The van der Waals surface area contributed by atoms with Crippen molar-refractivity contribution in [2.75, 3.05) is 13.1 Å². The van der Waals surface area contributed by atoms with Gasteiger partial charge < -0.3 is 20.8 Å². The number of nitrogens with two attached hydrogens (primary N) is 1. The number of carbonyl (C=O) groups is 2. The van der Waals surface area contributed by atoms with Crippen molar-refractivity contribution in [3.8, 4) is 11.5 Å². The summed E-state index contributed by atoms with van der Waals surface area (Å²) in [5.74, 6) is -1.45. The van der Waals surface area contributed by atoms with Crippen LogP contribution in [0.2, 0.25) is 0 Å². The summed E-state index contributed by atoms with van der Waals surface area (Å²) in [4.78, 5) is 28.2. The number of phenols is 2. The Bertz CT molecular complexity index is 919. The fourth-order valence-electron chi connectivity index (χ4n) is 4.28. The summed E-state index contributed by atoms with van der Waals surface area (Å²) in [5, 5.41) is 19.3. The van der Waals surface area contributed by atoms with E-state index in [2.05, 4.69) is 12.1 Å². The minimum absolute atomic E-state index is 0.139. The molecule has 0 aliphatic carbocycles. The topological polar surface area (TPSA) is 104 Å². The number of ketones is 1. The van der Waals surface area contributed by atoms with Gasteiger partial charge in [0.25, 0.3) is 0 Å². The second-order valence-electron chi connectivity index (χ2n) is 8.31. The minimum Gasteiger partial charge on any atom is -0.504 e. The number of aromatic hydroxyl groups is 2. The first kappa shape index (κ1) is 22.8. The molecule has 1 fully saturated rings. The molecule has 1 saturated heterocycles. The molecule has 0 spiro atoms. The van der Waals surface area contributed by atoms with Crippen molar-refractivity contribution in [2.24, 2.45) is 11.7 Å². The number of hydrogen-bond acceptors (Lipinski definition) is 5. The normalized spacial score (nSPS) is 15.6. The van der Waals surface area contributed by atoms with Crippen LogP contribution in [0.3, 0.4) is 0 Å². The van der Waals surface area contributed by atoms with E-state index in [0.29, 0.717) is 32.0 Å². The quantitative estimate of drug-likeness (QED) is 0.338. The van der Waals surface area contributed by atoms with Crippen LogP contribution in [0.15, 0.2) is 42.5 Å². The average molecular weight is 425 g/mol. The highest BCUT2D eigenvalue weighted by Gasteiger charge is 2.33. The van der Waals surface area contributed by atoms with E-state index in [0.717, 1.165) is 31.2 Å². The average Bonchev–Trinajstić information content (AvgIpc) is 2.81. The molecule has 1 heterocycles. The third-order valence-electron chi connectivity index (χ3n) is 6.19. The van der Waals surface area contributed by atoms with Crippen molar-refractivity contribution in [2.45, 2.75) is 51.5 Å². The van der Waals surface area contributed by atoms with Gasteiger partial charge in [0.1, 0.15) is 5.92 Å². The number of piperidine rings is 1. The summed E-state index contributed by atoms with van der Waals surface area (Å²) in [5.41, 5.74) is 8.38. The van der Waals surface area contributed by atoms with Crippen molar-refractivity contribution in [1.29, 1.82) is 0 Å². The Balaban J connectivity index is 1.70. The van der Waals surface area contributed by atoms with E-state index < -0.39 is 5.92 Å². The smallest absolute Gasteiger partial charge is 0.233 e. The molecular weight excluding hydrogens is 392 g/mol. The number of unbranched alkanes of at least 4 members (excludes halogenated alkanes) is 1. The molecule has 1 aliphatic rings. The number of likely N-dealkylation sites (tertiary alicyclic amines) is 1. The highest BCUT2D eigenvalue weighted by molar-refractivity contribution is 6.10. The second kappa shape index (κ2) is 10.4. The monoisotopic (exact) mass is 424 g/mol. The molecule has 166 valence electrons. The first-order valence-electron chi connectivity index (χ1n) is 11.1. The van der Waals surface area contributed by atoms with Crippen LogP contribution in [0, 0.1) is 5.92 Å². The van der Waals surface area contributed by atoms with Crippen LogP contribution in [-0.2, 0) is 11.3 Å². The fourth-order valence-corrected chi connectivity index (χ4v) is 4.28. The lowest BCUT2D eigenvalue weighted by atomic mass is 9.86. The van der Waals surface area contributed by atoms with Gasteiger partial charge in [0.05, 0.1) is 0 Å². The largest absolute Gasteiger partial charge is 0.504 e. The first-order valence-corrected chi connectivity index (χ1v) is 11.1. The highest BCUT2D eigenvalue weighted by atomic mass is 16.3. The van der Waals surface area contributed by atoms with E-state index in [1.807, 2.05) is 24.0 Å². The summed E-state index contributed by atoms with van der Waals surface area (Å²) in [6, 6.07) is 12.3. The minimum atomic E-state index is -0.763. The number of carbonyl (C=O) groups excluding carboxylic acids is 2. The summed E-state index contributed by atoms with van der Waals surface area (Å²) in [6.45, 7) is 3.78. The molecule has 0 aromatic heterocycles. The molecule has 1 atom stereocenters. The van der Waals surface area contributed by atoms with Gasteiger partial charge in [0.15, 0.2) is 17.3 Å². The van der Waals surface area contributed by atoms with Gasteiger partial charge in [-0.25, -0.2) is 0 Å². The van der Waals surface area contributed by atoms with Gasteiger partial charge in [0.2, 0.25) is 5.91 Å². The fraction of sp³-hybridized carbons (Fsp3) is 0.440. The molecule has 0 saturated carbocycles. The summed E-state index contributed by atoms with van der Waals surface area (Å²) in [6.07, 6.45) is 3.85. The maximum atomic E-state index is 13.3. The molecule has 6 nitrogen and oxygen atoms in total. The summed E-state index contributed by atoms with van der Waals surface area (Å²) in [7, 11) is 0. The number of phenolic OH excluding ortho intramolecular Hbond substituents is 2. The van der Waals surface area contributed by atoms with Crippen LogP contribution in [0.25, 0.3) is 0 Å². The van der Waals surface area contributed by atoms with Gasteiger partial charge in [-0.05, 0) is 54.5 Å². The number of nitrogens with zero attached hydrogens (tertiary/aromatic N) is 1. The van der Waals surface area contributed by atoms with Crippen LogP contribution in [0.1, 0.15) is 66.4 Å². The van der Waals surface area contributed by atoms with Crippen LogP contribution < -0.4 is 5.73 Å². The Labute approximate surface area is 183 Å². The predicted octanol–water partition coefficient (Wildman–Crippen LogP) is 3.95. The number of hydrogen-bond donors (Lipinski definition) is 3. The maximum Gasteiger partial charge on any atom is 0.233 e. The Hall–Kier alpha value is -2.86. The molecule has 0 bridgehead atoms. The molecule has 2 aromatic carbocycles. The van der Waals surface area contributed by atoms with E-state index in [1.54, 1.807) is 0 Å². The number of Topliss-reactive ketones (excluding diaryl/α,β-unsaturated/α-hetero) is 1. The van der Waals surface area contributed by atoms with Crippen molar-refractivity contribution >= 4 is 11.7 Å². The number of amides is 1. The van der Waals surface area contributed by atoms with Gasteiger partial charge in [0, 0.05) is 25.2 Å². The summed E-state index contributed by atoms with van der Waals surface area (Å²) >= 11 is 0. The second-order valence-corrected chi connectivity index (χ2v) is 8.31. The summed E-state index contributed by atoms with van der Waals surface area (Å²) < 4.78 is 0. The molecular formula is C25H32N2O4. The van der Waals surface area contributed by atoms with Crippen molar-refractivity contribution in [3.05, 3.63) is 59.2 Å². The zero-order valence-corrected chi connectivity index (χ0v) is 18.1. The lowest BCUT2D eigenvalue weighted by molar-refractivity contribution is -0.135. The molecule has 2 aromatic rings. The van der Waals surface area contributed by atoms with Crippen LogP contribution in [0.4, 0.5) is 0 Å². The molecule has 1 aliphatic heterocycles. The van der Waals surface area contributed by atoms with Crippen molar-refractivity contribution in [1.82, 2.24) is 4.90 Å². The predicted molar refractivity (Wildman–Crippen MR) is 120 cm³/mol. The SMILES string of the molecule is CCCCC(C(=O)c1ccc(O)c(O)c1)C(=O)N1CCC(c2cccc(CN)c2)CC1. The third kappa shape index (κ3) is 5.44. The number of rotatable bonds is 8.